The highest BCUT2D eigenvalue weighted by Crippen LogP contribution is 2.37. The first-order chi connectivity index (χ1) is 14.7. The van der Waals surface area contributed by atoms with Gasteiger partial charge in [0.15, 0.2) is 0 Å². The minimum atomic E-state index is -0.326. The van der Waals surface area contributed by atoms with Crippen molar-refractivity contribution in [2.75, 3.05) is 26.2 Å². The fourth-order valence-electron chi connectivity index (χ4n) is 4.75. The van der Waals surface area contributed by atoms with Crippen molar-refractivity contribution in [2.45, 2.75) is 90.8 Å². The molecule has 2 saturated heterocycles. The van der Waals surface area contributed by atoms with Gasteiger partial charge in [0.2, 0.25) is 0 Å². The second kappa shape index (κ2) is 10.1. The maximum Gasteiger partial charge on any atom is 0.495 e. The zero-order valence-electron chi connectivity index (χ0n) is 20.3. The van der Waals surface area contributed by atoms with Gasteiger partial charge in [-0.2, -0.15) is 0 Å². The summed E-state index contributed by atoms with van der Waals surface area (Å²) in [6, 6.07) is 6.64. The third-order valence-corrected chi connectivity index (χ3v) is 7.30. The van der Waals surface area contributed by atoms with E-state index in [-0.39, 0.29) is 24.3 Å². The van der Waals surface area contributed by atoms with Crippen LogP contribution in [0.15, 0.2) is 18.2 Å². The van der Waals surface area contributed by atoms with Crippen molar-refractivity contribution >= 4 is 18.6 Å². The molecule has 1 aromatic carbocycles. The summed E-state index contributed by atoms with van der Waals surface area (Å²) in [6.45, 7) is 16.1. The highest BCUT2D eigenvalue weighted by Gasteiger charge is 2.52. The Morgan fingerprint density at radius 1 is 1.13 bits per heavy atom. The van der Waals surface area contributed by atoms with Crippen molar-refractivity contribution in [1.29, 1.82) is 0 Å². The number of benzene rings is 1. The normalized spacial score (nSPS) is 21.4. The molecule has 0 unspecified atom stereocenters. The smallest absolute Gasteiger partial charge is 0.466 e. The molecule has 0 bridgehead atoms. The Morgan fingerprint density at radius 2 is 1.77 bits per heavy atom. The third kappa shape index (κ3) is 5.53. The van der Waals surface area contributed by atoms with Crippen LogP contribution >= 0.6 is 0 Å². The van der Waals surface area contributed by atoms with Crippen LogP contribution in [0.3, 0.4) is 0 Å². The van der Waals surface area contributed by atoms with E-state index in [1.165, 1.54) is 16.6 Å². The van der Waals surface area contributed by atoms with Crippen molar-refractivity contribution in [2.24, 2.45) is 0 Å². The Labute approximate surface area is 189 Å². The predicted octanol–water partition coefficient (Wildman–Crippen LogP) is 4.07. The van der Waals surface area contributed by atoms with Crippen LogP contribution in [0.5, 0.6) is 0 Å². The van der Waals surface area contributed by atoms with Gasteiger partial charge in [0, 0.05) is 6.42 Å². The first-order valence-corrected chi connectivity index (χ1v) is 12.0. The molecule has 2 heterocycles. The maximum atomic E-state index is 11.6. The molecule has 0 atom stereocenters. The maximum absolute atomic E-state index is 11.6. The molecule has 0 radical (unpaired) electrons. The SMILES string of the molecule is CCOC(=O)CCCN1CCC(c2cccc(B3OC(C)(C)C(C)(C)O3)c2CC)CC1. The Hall–Kier alpha value is -1.37. The molecule has 1 aromatic rings. The van der Waals surface area contributed by atoms with Crippen molar-refractivity contribution in [3.8, 4) is 0 Å². The largest absolute Gasteiger partial charge is 0.495 e. The number of piperidine rings is 1. The molecule has 0 amide bonds. The Balaban J connectivity index is 1.63. The minimum absolute atomic E-state index is 0.0792. The Kier molecular flexibility index (Phi) is 7.88. The summed E-state index contributed by atoms with van der Waals surface area (Å²) >= 11 is 0. The van der Waals surface area contributed by atoms with Crippen LogP contribution < -0.4 is 5.46 Å². The molecular weight excluding hydrogens is 389 g/mol. The molecule has 172 valence electrons. The highest BCUT2D eigenvalue weighted by molar-refractivity contribution is 6.62. The van der Waals surface area contributed by atoms with Crippen LogP contribution in [0.25, 0.3) is 0 Å². The Morgan fingerprint density at radius 3 is 2.35 bits per heavy atom. The van der Waals surface area contributed by atoms with Gasteiger partial charge in [-0.05, 0) is 102 Å². The lowest BCUT2D eigenvalue weighted by Crippen LogP contribution is -2.41. The van der Waals surface area contributed by atoms with Gasteiger partial charge >= 0.3 is 13.1 Å². The van der Waals surface area contributed by atoms with E-state index in [2.05, 4.69) is 57.7 Å². The average molecular weight is 429 g/mol. The standard InChI is InChI=1S/C25H40BNO4/c1-7-20-21(11-9-12-22(20)26-30-24(3,4)25(5,6)31-26)19-14-17-27(18-15-19)16-10-13-23(28)29-8-2/h9,11-12,19H,7-8,10,13-18H2,1-6H3. The van der Waals surface area contributed by atoms with E-state index in [1.807, 2.05) is 6.92 Å². The summed E-state index contributed by atoms with van der Waals surface area (Å²) in [5.74, 6) is 0.489. The van der Waals surface area contributed by atoms with Crippen molar-refractivity contribution in [3.05, 3.63) is 29.3 Å². The minimum Gasteiger partial charge on any atom is -0.466 e. The average Bonchev–Trinajstić information content (AvgIpc) is 2.95. The quantitative estimate of drug-likeness (QED) is 0.461. The van der Waals surface area contributed by atoms with Gasteiger partial charge in [-0.15, -0.1) is 0 Å². The summed E-state index contributed by atoms with van der Waals surface area (Å²) in [7, 11) is -0.303. The second-order valence-electron chi connectivity index (χ2n) is 9.88. The number of ether oxygens (including phenoxy) is 1. The second-order valence-corrected chi connectivity index (χ2v) is 9.88. The lowest BCUT2D eigenvalue weighted by molar-refractivity contribution is -0.143. The number of carbonyl (C=O) groups is 1. The molecule has 0 aromatic heterocycles. The van der Waals surface area contributed by atoms with Gasteiger partial charge in [-0.3, -0.25) is 4.79 Å². The van der Waals surface area contributed by atoms with Crippen molar-refractivity contribution in [3.63, 3.8) is 0 Å². The number of hydrogen-bond acceptors (Lipinski definition) is 5. The fourth-order valence-corrected chi connectivity index (χ4v) is 4.75. The van der Waals surface area contributed by atoms with E-state index in [1.54, 1.807) is 0 Å². The molecule has 0 spiro atoms. The van der Waals surface area contributed by atoms with Crippen molar-refractivity contribution < 1.29 is 18.8 Å². The summed E-state index contributed by atoms with van der Waals surface area (Å²) < 4.78 is 17.8. The third-order valence-electron chi connectivity index (χ3n) is 7.30. The zero-order chi connectivity index (χ0) is 22.6. The first-order valence-electron chi connectivity index (χ1n) is 12.0. The monoisotopic (exact) mass is 429 g/mol. The van der Waals surface area contributed by atoms with Crippen LogP contribution in [-0.2, 0) is 25.3 Å². The Bertz CT molecular complexity index is 740. The summed E-state index contributed by atoms with van der Waals surface area (Å²) in [5, 5.41) is 0. The fraction of sp³-hybridized carbons (Fsp3) is 0.720. The number of rotatable bonds is 8. The molecule has 0 aliphatic carbocycles. The molecule has 5 nitrogen and oxygen atoms in total. The van der Waals surface area contributed by atoms with E-state index in [9.17, 15) is 4.79 Å². The van der Waals surface area contributed by atoms with Gasteiger partial charge in [0.1, 0.15) is 0 Å². The van der Waals surface area contributed by atoms with E-state index in [0.717, 1.165) is 45.3 Å². The lowest BCUT2D eigenvalue weighted by atomic mass is 9.71. The van der Waals surface area contributed by atoms with Crippen LogP contribution in [0.1, 0.15) is 84.3 Å². The number of nitrogens with zero attached hydrogens (tertiary/aromatic N) is 1. The van der Waals surface area contributed by atoms with Crippen LogP contribution in [0.2, 0.25) is 0 Å². The lowest BCUT2D eigenvalue weighted by Gasteiger charge is -2.33. The number of esters is 1. The van der Waals surface area contributed by atoms with E-state index >= 15 is 0 Å². The molecule has 0 saturated carbocycles. The molecule has 2 fully saturated rings. The molecule has 3 rings (SSSR count). The molecule has 6 heteroatoms. The number of hydrogen-bond donors (Lipinski definition) is 0. The van der Waals surface area contributed by atoms with Crippen molar-refractivity contribution in [1.82, 2.24) is 4.90 Å². The molecule has 31 heavy (non-hydrogen) atoms. The van der Waals surface area contributed by atoms with Crippen LogP contribution in [-0.4, -0.2) is 55.4 Å². The number of likely N-dealkylation sites (tertiary alicyclic amines) is 1. The first kappa shape index (κ1) is 24.3. The van der Waals surface area contributed by atoms with Gasteiger partial charge in [-0.25, -0.2) is 0 Å². The van der Waals surface area contributed by atoms with E-state index < -0.39 is 0 Å². The molecule has 2 aliphatic heterocycles. The van der Waals surface area contributed by atoms with Gasteiger partial charge < -0.3 is 18.9 Å². The van der Waals surface area contributed by atoms with Crippen LogP contribution in [0, 0.1) is 0 Å². The summed E-state index contributed by atoms with van der Waals surface area (Å²) in [6.07, 6.45) is 4.68. The number of carbonyl (C=O) groups excluding carboxylic acids is 1. The van der Waals surface area contributed by atoms with Gasteiger partial charge in [-0.1, -0.05) is 25.1 Å². The van der Waals surface area contributed by atoms with E-state index in [0.29, 0.717) is 18.9 Å². The molecule has 2 aliphatic rings. The van der Waals surface area contributed by atoms with Crippen LogP contribution in [0.4, 0.5) is 0 Å². The molecular formula is C25H40BNO4. The highest BCUT2D eigenvalue weighted by atomic mass is 16.7. The zero-order valence-corrected chi connectivity index (χ0v) is 20.3. The summed E-state index contributed by atoms with van der Waals surface area (Å²) in [4.78, 5) is 14.0. The topological polar surface area (TPSA) is 48.0 Å². The van der Waals surface area contributed by atoms with Gasteiger partial charge in [0.05, 0.1) is 17.8 Å². The van der Waals surface area contributed by atoms with E-state index in [4.69, 9.17) is 14.0 Å². The molecule has 0 N–H and O–H groups in total. The predicted molar refractivity (Wildman–Crippen MR) is 126 cm³/mol. The van der Waals surface area contributed by atoms with Gasteiger partial charge in [0.25, 0.3) is 0 Å². The summed E-state index contributed by atoms with van der Waals surface area (Å²) in [5.41, 5.74) is 3.39.